The Hall–Kier alpha value is -4.66. The van der Waals surface area contributed by atoms with Gasteiger partial charge >= 0.3 is 6.09 Å². The van der Waals surface area contributed by atoms with Gasteiger partial charge in [-0.2, -0.15) is 5.10 Å². The van der Waals surface area contributed by atoms with Crippen LogP contribution in [0, 0.1) is 0 Å². The number of benzene rings is 1. The third-order valence-corrected chi connectivity index (χ3v) is 8.94. The summed E-state index contributed by atoms with van der Waals surface area (Å²) in [6.45, 7) is 3.96. The molecule has 2 aromatic rings. The average molecular weight is 667 g/mol. The molecule has 15 nitrogen and oxygen atoms in total. The number of likely N-dealkylation sites (tertiary alicyclic amines) is 1. The first-order chi connectivity index (χ1) is 23.2. The number of ether oxygens (including phenoxy) is 1. The van der Waals surface area contributed by atoms with Crippen molar-refractivity contribution in [2.24, 2.45) is 0 Å². The van der Waals surface area contributed by atoms with Crippen LogP contribution in [-0.2, 0) is 19.2 Å². The number of nitrogens with one attached hydrogen (secondary N) is 2. The Bertz CT molecular complexity index is 1440. The van der Waals surface area contributed by atoms with Gasteiger partial charge in [-0.3, -0.25) is 19.2 Å². The number of nitrogens with zero attached hydrogens (tertiary/aromatic N) is 6. The summed E-state index contributed by atoms with van der Waals surface area (Å²) in [7, 11) is 1.69. The topological polar surface area (TPSA) is 159 Å². The minimum atomic E-state index is -0.579. The number of hydroxylamine groups is 2. The Kier molecular flexibility index (Phi) is 11.9. The van der Waals surface area contributed by atoms with Crippen molar-refractivity contribution >= 4 is 29.7 Å². The molecule has 5 rings (SSSR count). The second-order valence-corrected chi connectivity index (χ2v) is 12.4. The molecule has 15 heteroatoms. The predicted molar refractivity (Wildman–Crippen MR) is 174 cm³/mol. The first-order valence-electron chi connectivity index (χ1n) is 16.9. The fourth-order valence-corrected chi connectivity index (χ4v) is 5.79. The molecule has 0 spiro atoms. The van der Waals surface area contributed by atoms with Gasteiger partial charge in [0, 0.05) is 45.3 Å². The van der Waals surface area contributed by atoms with Crippen molar-refractivity contribution < 1.29 is 33.5 Å². The van der Waals surface area contributed by atoms with Gasteiger partial charge in [-0.05, 0) is 50.7 Å². The molecule has 0 bridgehead atoms. The summed E-state index contributed by atoms with van der Waals surface area (Å²) in [4.78, 5) is 74.4. The molecule has 260 valence electrons. The number of unbranched alkanes of at least 4 members (excludes halogenated alkanes) is 1. The zero-order chi connectivity index (χ0) is 34.0. The SMILES string of the molecule is CCCCN(C)C(=O)ON1CCN(C(=O)CNC(=O)c2cc(OCC(=O)N3CCC[C@H]3C(=O)NC3CCC3)n(-c3ccccc3)n2)CC1. The summed E-state index contributed by atoms with van der Waals surface area (Å²) in [5.41, 5.74) is 0.626. The van der Waals surface area contributed by atoms with Crippen molar-refractivity contribution in [3.05, 3.63) is 42.1 Å². The minimum Gasteiger partial charge on any atom is -0.467 e. The Morgan fingerprint density at radius 2 is 1.71 bits per heavy atom. The normalized spacial score (nSPS) is 18.2. The fraction of sp³-hybridized carbons (Fsp3) is 0.576. The molecular formula is C33H46N8O7. The minimum absolute atomic E-state index is 0.0111. The lowest BCUT2D eigenvalue weighted by molar-refractivity contribution is -0.149. The summed E-state index contributed by atoms with van der Waals surface area (Å²) in [5.74, 6) is -1.13. The first kappa shape index (κ1) is 34.7. The molecule has 1 saturated carbocycles. The smallest absolute Gasteiger partial charge is 0.428 e. The molecule has 48 heavy (non-hydrogen) atoms. The third kappa shape index (κ3) is 8.82. The number of hydrogen-bond acceptors (Lipinski definition) is 9. The molecule has 3 fully saturated rings. The van der Waals surface area contributed by atoms with Crippen LogP contribution in [0.25, 0.3) is 5.69 Å². The maximum Gasteiger partial charge on any atom is 0.428 e. The van der Waals surface area contributed by atoms with E-state index in [1.165, 1.54) is 15.6 Å². The van der Waals surface area contributed by atoms with E-state index in [4.69, 9.17) is 9.57 Å². The highest BCUT2D eigenvalue weighted by Crippen LogP contribution is 2.23. The standard InChI is InChI=1S/C33H46N8O7/c1-3-4-15-37(2)33(46)48-39-19-17-38(18-20-39)28(42)22-34-31(44)26-21-30(41(36-26)25-12-6-5-7-13-25)47-23-29(43)40-16-9-14-27(40)32(45)35-24-10-8-11-24/h5-7,12-13,21,24,27H,3-4,8-11,14-20,22-23H2,1-2H3,(H,34,44)(H,35,45)/t27-/m0/s1. The van der Waals surface area contributed by atoms with Crippen molar-refractivity contribution in [2.45, 2.75) is 64.0 Å². The van der Waals surface area contributed by atoms with E-state index in [1.807, 2.05) is 18.2 Å². The molecule has 3 heterocycles. The van der Waals surface area contributed by atoms with Gasteiger partial charge in [0.25, 0.3) is 11.8 Å². The molecule has 1 atom stereocenters. The van der Waals surface area contributed by atoms with Crippen LogP contribution in [-0.4, -0.2) is 131 Å². The van der Waals surface area contributed by atoms with Gasteiger partial charge in [0.2, 0.25) is 17.7 Å². The van der Waals surface area contributed by atoms with Gasteiger partial charge in [0.15, 0.2) is 12.3 Å². The van der Waals surface area contributed by atoms with E-state index in [-0.39, 0.29) is 48.5 Å². The lowest BCUT2D eigenvalue weighted by Gasteiger charge is -2.34. The average Bonchev–Trinajstić information content (AvgIpc) is 3.75. The highest BCUT2D eigenvalue weighted by molar-refractivity contribution is 5.95. The van der Waals surface area contributed by atoms with Gasteiger partial charge < -0.3 is 34.9 Å². The number of para-hydroxylation sites is 1. The number of amides is 5. The number of hydrogen-bond donors (Lipinski definition) is 2. The third-order valence-electron chi connectivity index (χ3n) is 8.94. The Morgan fingerprint density at radius 3 is 2.40 bits per heavy atom. The quantitative estimate of drug-likeness (QED) is 0.324. The van der Waals surface area contributed by atoms with Crippen LogP contribution in [0.4, 0.5) is 4.79 Å². The van der Waals surface area contributed by atoms with Gasteiger partial charge in [-0.1, -0.05) is 31.5 Å². The molecule has 2 N–H and O–H groups in total. The monoisotopic (exact) mass is 666 g/mol. The van der Waals surface area contributed by atoms with Crippen molar-refractivity contribution in [2.75, 3.05) is 59.5 Å². The summed E-state index contributed by atoms with van der Waals surface area (Å²) in [6, 6.07) is 10.1. The fourth-order valence-electron chi connectivity index (χ4n) is 5.79. The highest BCUT2D eigenvalue weighted by atomic mass is 16.7. The van der Waals surface area contributed by atoms with Gasteiger partial charge in [0.1, 0.15) is 6.04 Å². The van der Waals surface area contributed by atoms with Crippen LogP contribution in [0.3, 0.4) is 0 Å². The van der Waals surface area contributed by atoms with Crippen LogP contribution in [0.2, 0.25) is 0 Å². The number of rotatable bonds is 13. The summed E-state index contributed by atoms with van der Waals surface area (Å²) in [6.07, 6.45) is 5.82. The first-order valence-corrected chi connectivity index (χ1v) is 16.9. The second kappa shape index (κ2) is 16.4. The van der Waals surface area contributed by atoms with Crippen LogP contribution in [0.15, 0.2) is 36.4 Å². The largest absolute Gasteiger partial charge is 0.467 e. The zero-order valence-electron chi connectivity index (χ0n) is 27.8. The molecule has 3 aliphatic rings. The van der Waals surface area contributed by atoms with E-state index >= 15 is 0 Å². The Morgan fingerprint density at radius 1 is 0.958 bits per heavy atom. The van der Waals surface area contributed by atoms with Gasteiger partial charge in [0.05, 0.1) is 25.3 Å². The lowest BCUT2D eigenvalue weighted by Crippen LogP contribution is -2.52. The van der Waals surface area contributed by atoms with Crippen LogP contribution in [0.5, 0.6) is 5.88 Å². The highest BCUT2D eigenvalue weighted by Gasteiger charge is 2.36. The van der Waals surface area contributed by atoms with Crippen LogP contribution in [0.1, 0.15) is 62.4 Å². The van der Waals surface area contributed by atoms with E-state index in [2.05, 4.69) is 22.7 Å². The van der Waals surface area contributed by atoms with Crippen molar-refractivity contribution in [3.63, 3.8) is 0 Å². The van der Waals surface area contributed by atoms with Crippen LogP contribution < -0.4 is 15.4 Å². The summed E-state index contributed by atoms with van der Waals surface area (Å²) >= 11 is 0. The summed E-state index contributed by atoms with van der Waals surface area (Å²) in [5, 5.41) is 11.6. The van der Waals surface area contributed by atoms with E-state index < -0.39 is 18.0 Å². The number of carbonyl (C=O) groups excluding carboxylic acids is 5. The number of aromatic nitrogens is 2. The maximum atomic E-state index is 13.2. The number of piperazine rings is 1. The van der Waals surface area contributed by atoms with Crippen molar-refractivity contribution in [1.29, 1.82) is 0 Å². The molecule has 5 amide bonds. The molecule has 1 aromatic carbocycles. The molecule has 0 radical (unpaired) electrons. The lowest BCUT2D eigenvalue weighted by atomic mass is 9.93. The van der Waals surface area contributed by atoms with E-state index in [9.17, 15) is 24.0 Å². The summed E-state index contributed by atoms with van der Waals surface area (Å²) < 4.78 is 7.33. The Balaban J connectivity index is 1.14. The van der Waals surface area contributed by atoms with E-state index in [1.54, 1.807) is 34.0 Å². The van der Waals surface area contributed by atoms with Crippen molar-refractivity contribution in [3.8, 4) is 11.6 Å². The maximum absolute atomic E-state index is 13.2. The van der Waals surface area contributed by atoms with E-state index in [0.717, 1.165) is 38.5 Å². The van der Waals surface area contributed by atoms with Gasteiger partial charge in [-0.25, -0.2) is 9.48 Å². The molecule has 2 aliphatic heterocycles. The molecule has 2 saturated heterocycles. The predicted octanol–water partition coefficient (Wildman–Crippen LogP) is 1.57. The number of carbonyl (C=O) groups is 5. The van der Waals surface area contributed by atoms with Gasteiger partial charge in [-0.15, -0.1) is 5.06 Å². The molecule has 1 aromatic heterocycles. The van der Waals surface area contributed by atoms with E-state index in [0.29, 0.717) is 51.4 Å². The van der Waals surface area contributed by atoms with Crippen molar-refractivity contribution in [1.82, 2.24) is 40.2 Å². The molecule has 0 unspecified atom stereocenters. The Labute approximate surface area is 280 Å². The van der Waals surface area contributed by atoms with Crippen LogP contribution >= 0.6 is 0 Å². The zero-order valence-corrected chi connectivity index (χ0v) is 27.8. The second-order valence-electron chi connectivity index (χ2n) is 12.4. The molecule has 1 aliphatic carbocycles. The molecular weight excluding hydrogens is 620 g/mol.